The number of hydrogen-bond donors (Lipinski definition) is 1. The zero-order valence-corrected chi connectivity index (χ0v) is 14.4. The van der Waals surface area contributed by atoms with Gasteiger partial charge in [-0.05, 0) is 40.5 Å². The standard InChI is InChI=1S/C15H29NO5/c1-10(2)15(9-20-8,12(17)18)16(11(3)4)13(19)21-14(5,6)7/h10-11H,9H2,1-8H3,(H,17,18). The van der Waals surface area contributed by atoms with Crippen LogP contribution in [0.5, 0.6) is 0 Å². The second-order valence-electron chi connectivity index (χ2n) is 6.76. The summed E-state index contributed by atoms with van der Waals surface area (Å²) in [5.74, 6) is -1.44. The number of carboxylic acids is 1. The molecule has 1 unspecified atom stereocenters. The molecule has 0 aliphatic rings. The van der Waals surface area contributed by atoms with Gasteiger partial charge in [0.2, 0.25) is 0 Å². The molecule has 1 N–H and O–H groups in total. The third-order valence-electron chi connectivity index (χ3n) is 3.23. The van der Waals surface area contributed by atoms with E-state index in [0.29, 0.717) is 0 Å². The van der Waals surface area contributed by atoms with Crippen molar-refractivity contribution < 1.29 is 24.2 Å². The number of amides is 1. The van der Waals surface area contributed by atoms with Gasteiger partial charge >= 0.3 is 12.1 Å². The number of carbonyl (C=O) groups is 2. The maximum absolute atomic E-state index is 12.5. The highest BCUT2D eigenvalue weighted by Gasteiger charge is 2.52. The van der Waals surface area contributed by atoms with E-state index in [4.69, 9.17) is 9.47 Å². The van der Waals surface area contributed by atoms with Crippen LogP contribution in [0.15, 0.2) is 0 Å². The van der Waals surface area contributed by atoms with E-state index in [-0.39, 0.29) is 18.6 Å². The van der Waals surface area contributed by atoms with Crippen molar-refractivity contribution >= 4 is 12.1 Å². The van der Waals surface area contributed by atoms with Crippen LogP contribution < -0.4 is 0 Å². The third kappa shape index (κ3) is 4.59. The summed E-state index contributed by atoms with van der Waals surface area (Å²) in [5, 5.41) is 9.76. The van der Waals surface area contributed by atoms with E-state index in [1.54, 1.807) is 48.5 Å². The number of rotatable bonds is 6. The predicted octanol–water partition coefficient (Wildman–Crippen LogP) is 2.76. The van der Waals surface area contributed by atoms with Crippen molar-refractivity contribution in [2.75, 3.05) is 13.7 Å². The number of hydrogen-bond acceptors (Lipinski definition) is 4. The van der Waals surface area contributed by atoms with Gasteiger partial charge in [-0.25, -0.2) is 9.59 Å². The molecule has 1 atom stereocenters. The third-order valence-corrected chi connectivity index (χ3v) is 3.23. The average Bonchev–Trinajstić information content (AvgIpc) is 2.23. The SMILES string of the molecule is COCC(C(=O)O)(C(C)C)N(C(=O)OC(C)(C)C)C(C)C. The lowest BCUT2D eigenvalue weighted by Crippen LogP contribution is -2.65. The lowest BCUT2D eigenvalue weighted by atomic mass is 9.84. The Balaban J connectivity index is 5.85. The molecule has 0 aromatic heterocycles. The molecule has 6 heteroatoms. The molecule has 0 heterocycles. The van der Waals surface area contributed by atoms with Gasteiger partial charge in [0.1, 0.15) is 5.60 Å². The Kier molecular flexibility index (Phi) is 6.67. The number of aliphatic carboxylic acids is 1. The van der Waals surface area contributed by atoms with Crippen LogP contribution >= 0.6 is 0 Å². The number of carboxylic acid groups (broad SMARTS) is 1. The maximum atomic E-state index is 12.5. The van der Waals surface area contributed by atoms with Gasteiger partial charge in [0.15, 0.2) is 5.54 Å². The van der Waals surface area contributed by atoms with E-state index in [2.05, 4.69) is 0 Å². The minimum Gasteiger partial charge on any atom is -0.479 e. The molecular weight excluding hydrogens is 274 g/mol. The minimum atomic E-state index is -1.47. The molecule has 0 aromatic rings. The molecule has 0 radical (unpaired) electrons. The second kappa shape index (κ2) is 7.11. The van der Waals surface area contributed by atoms with Gasteiger partial charge in [-0.3, -0.25) is 4.90 Å². The summed E-state index contributed by atoms with van der Waals surface area (Å²) in [5.41, 5.74) is -2.16. The molecule has 124 valence electrons. The molecule has 6 nitrogen and oxygen atoms in total. The first-order chi connectivity index (χ1) is 9.40. The van der Waals surface area contributed by atoms with E-state index >= 15 is 0 Å². The fourth-order valence-corrected chi connectivity index (χ4v) is 2.29. The van der Waals surface area contributed by atoms with Crippen LogP contribution in [0.3, 0.4) is 0 Å². The smallest absolute Gasteiger partial charge is 0.411 e. The molecule has 0 fully saturated rings. The first-order valence-electron chi connectivity index (χ1n) is 7.14. The van der Waals surface area contributed by atoms with Gasteiger partial charge in [0, 0.05) is 13.2 Å². The Morgan fingerprint density at radius 3 is 1.86 bits per heavy atom. The number of nitrogens with zero attached hydrogens (tertiary/aromatic N) is 1. The molecule has 21 heavy (non-hydrogen) atoms. The molecule has 0 bridgehead atoms. The quantitative estimate of drug-likeness (QED) is 0.816. The van der Waals surface area contributed by atoms with E-state index in [1.807, 2.05) is 0 Å². The van der Waals surface area contributed by atoms with Crippen molar-refractivity contribution in [2.24, 2.45) is 5.92 Å². The van der Waals surface area contributed by atoms with Gasteiger partial charge in [-0.1, -0.05) is 13.8 Å². The number of carbonyl (C=O) groups excluding carboxylic acids is 1. The van der Waals surface area contributed by atoms with Crippen LogP contribution in [0.2, 0.25) is 0 Å². The van der Waals surface area contributed by atoms with Gasteiger partial charge in [-0.15, -0.1) is 0 Å². The average molecular weight is 303 g/mol. The molecule has 0 aromatic carbocycles. The topological polar surface area (TPSA) is 76.1 Å². The van der Waals surface area contributed by atoms with Crippen molar-refractivity contribution in [1.29, 1.82) is 0 Å². The summed E-state index contributed by atoms with van der Waals surface area (Å²) in [6.07, 6.45) is -0.648. The highest BCUT2D eigenvalue weighted by atomic mass is 16.6. The number of methoxy groups -OCH3 is 1. The van der Waals surface area contributed by atoms with Crippen molar-refractivity contribution in [3.8, 4) is 0 Å². The second-order valence-corrected chi connectivity index (χ2v) is 6.76. The van der Waals surface area contributed by atoms with E-state index in [0.717, 1.165) is 0 Å². The highest BCUT2D eigenvalue weighted by Crippen LogP contribution is 2.30. The molecule has 0 rings (SSSR count). The fourth-order valence-electron chi connectivity index (χ4n) is 2.29. The predicted molar refractivity (Wildman–Crippen MR) is 80.3 cm³/mol. The molecule has 0 aliphatic heterocycles. The highest BCUT2D eigenvalue weighted by molar-refractivity contribution is 5.85. The normalized spacial score (nSPS) is 15.0. The van der Waals surface area contributed by atoms with Crippen molar-refractivity contribution in [3.63, 3.8) is 0 Å². The summed E-state index contributed by atoms with van der Waals surface area (Å²) in [4.78, 5) is 25.7. The summed E-state index contributed by atoms with van der Waals surface area (Å²) >= 11 is 0. The Hall–Kier alpha value is -1.30. The van der Waals surface area contributed by atoms with Gasteiger partial charge in [0.25, 0.3) is 0 Å². The molecule has 1 amide bonds. The van der Waals surface area contributed by atoms with E-state index in [1.165, 1.54) is 12.0 Å². The summed E-state index contributed by atoms with van der Waals surface area (Å²) in [6, 6.07) is -0.339. The Morgan fingerprint density at radius 2 is 1.62 bits per heavy atom. The van der Waals surface area contributed by atoms with Gasteiger partial charge in [0.05, 0.1) is 6.61 Å². The number of ether oxygens (including phenoxy) is 2. The van der Waals surface area contributed by atoms with E-state index in [9.17, 15) is 14.7 Å². The molecule has 0 aliphatic carbocycles. The van der Waals surface area contributed by atoms with Crippen molar-refractivity contribution in [3.05, 3.63) is 0 Å². The lowest BCUT2D eigenvalue weighted by Gasteiger charge is -2.45. The Labute approximate surface area is 127 Å². The maximum Gasteiger partial charge on any atom is 0.411 e. The fraction of sp³-hybridized carbons (Fsp3) is 0.867. The first-order valence-corrected chi connectivity index (χ1v) is 7.14. The summed E-state index contributed by atoms with van der Waals surface area (Å²) in [6.45, 7) is 12.2. The minimum absolute atomic E-state index is 0.0998. The van der Waals surface area contributed by atoms with Crippen LogP contribution in [-0.4, -0.2) is 53.0 Å². The zero-order valence-electron chi connectivity index (χ0n) is 14.4. The van der Waals surface area contributed by atoms with Gasteiger partial charge < -0.3 is 14.6 Å². The summed E-state index contributed by atoms with van der Waals surface area (Å²) in [7, 11) is 1.42. The molecule has 0 saturated heterocycles. The van der Waals surface area contributed by atoms with Crippen LogP contribution in [0, 0.1) is 5.92 Å². The van der Waals surface area contributed by atoms with Crippen LogP contribution in [0.4, 0.5) is 4.79 Å². The van der Waals surface area contributed by atoms with E-state index < -0.39 is 23.2 Å². The van der Waals surface area contributed by atoms with Crippen molar-refractivity contribution in [1.82, 2.24) is 4.90 Å². The van der Waals surface area contributed by atoms with Crippen molar-refractivity contribution in [2.45, 2.75) is 65.6 Å². The molecule has 0 spiro atoms. The van der Waals surface area contributed by atoms with Gasteiger partial charge in [-0.2, -0.15) is 0 Å². The first kappa shape index (κ1) is 19.7. The monoisotopic (exact) mass is 303 g/mol. The molecule has 0 saturated carbocycles. The zero-order chi connectivity index (χ0) is 17.0. The lowest BCUT2D eigenvalue weighted by molar-refractivity contribution is -0.161. The molecular formula is C15H29NO5. The summed E-state index contributed by atoms with van der Waals surface area (Å²) < 4.78 is 10.5. The van der Waals surface area contributed by atoms with Crippen LogP contribution in [0.25, 0.3) is 0 Å². The Morgan fingerprint density at radius 1 is 1.14 bits per heavy atom. The Bertz CT molecular complexity index is 373. The van der Waals surface area contributed by atoms with Crippen LogP contribution in [0.1, 0.15) is 48.5 Å². The largest absolute Gasteiger partial charge is 0.479 e. The van der Waals surface area contributed by atoms with Crippen LogP contribution in [-0.2, 0) is 14.3 Å².